The average Bonchev–Trinajstić information content (AvgIpc) is 3.01. The molecule has 0 atom stereocenters. The van der Waals surface area contributed by atoms with Gasteiger partial charge in [0.05, 0.1) is 26.2 Å². The Kier molecular flexibility index (Phi) is 5.22. The molecule has 0 spiro atoms. The zero-order chi connectivity index (χ0) is 15.1. The summed E-state index contributed by atoms with van der Waals surface area (Å²) in [7, 11) is 3.13. The van der Waals surface area contributed by atoms with E-state index < -0.39 is 0 Å². The summed E-state index contributed by atoms with van der Waals surface area (Å²) in [5, 5.41) is 4.68. The second-order valence-corrected chi connectivity index (χ2v) is 4.39. The predicted molar refractivity (Wildman–Crippen MR) is 77.4 cm³/mol. The zero-order valence-corrected chi connectivity index (χ0v) is 12.1. The summed E-state index contributed by atoms with van der Waals surface area (Å²) < 4.78 is 15.5. The lowest BCUT2D eigenvalue weighted by atomic mass is 10.2. The van der Waals surface area contributed by atoms with Gasteiger partial charge < -0.3 is 24.5 Å². The first-order chi connectivity index (χ1) is 10.2. The maximum absolute atomic E-state index is 11.9. The minimum Gasteiger partial charge on any atom is -0.497 e. The van der Waals surface area contributed by atoms with Crippen LogP contribution in [0.2, 0.25) is 0 Å². The van der Waals surface area contributed by atoms with Crippen molar-refractivity contribution in [2.24, 2.45) is 0 Å². The van der Waals surface area contributed by atoms with Crippen molar-refractivity contribution in [1.82, 2.24) is 0 Å². The first-order valence-corrected chi connectivity index (χ1v) is 6.59. The van der Waals surface area contributed by atoms with Gasteiger partial charge in [0.15, 0.2) is 12.3 Å². The molecule has 0 saturated heterocycles. The van der Waals surface area contributed by atoms with Gasteiger partial charge in [-0.05, 0) is 24.3 Å². The van der Waals surface area contributed by atoms with Crippen molar-refractivity contribution < 1.29 is 24.0 Å². The number of furan rings is 1. The Labute approximate surface area is 123 Å². The molecule has 2 aromatic rings. The smallest absolute Gasteiger partial charge is 0.279 e. The number of hydrogen-bond donors (Lipinski definition) is 2. The van der Waals surface area contributed by atoms with E-state index in [9.17, 15) is 4.79 Å². The van der Waals surface area contributed by atoms with Crippen molar-refractivity contribution in [3.8, 4) is 11.5 Å². The Hall–Kier alpha value is -2.47. The summed E-state index contributed by atoms with van der Waals surface area (Å²) >= 11 is 0. The molecule has 1 heterocycles. The molecular formula is C15H19N2O4+. The Bertz CT molecular complexity index is 581. The van der Waals surface area contributed by atoms with Gasteiger partial charge in [0.1, 0.15) is 18.0 Å². The van der Waals surface area contributed by atoms with Gasteiger partial charge in [0.25, 0.3) is 5.91 Å². The number of hydrogen-bond acceptors (Lipinski definition) is 4. The number of nitrogens with two attached hydrogens (primary N) is 1. The van der Waals surface area contributed by atoms with E-state index in [2.05, 4.69) is 5.32 Å². The quantitative estimate of drug-likeness (QED) is 0.798. The van der Waals surface area contributed by atoms with Crippen LogP contribution >= 0.6 is 0 Å². The average molecular weight is 291 g/mol. The molecule has 1 aromatic heterocycles. The number of carbonyl (C=O) groups excluding carboxylic acids is 1. The second kappa shape index (κ2) is 7.35. The Balaban J connectivity index is 1.87. The number of amides is 1. The fourth-order valence-corrected chi connectivity index (χ4v) is 1.88. The summed E-state index contributed by atoms with van der Waals surface area (Å²) in [6.07, 6.45) is 1.62. The number of carbonyl (C=O) groups is 1. The van der Waals surface area contributed by atoms with E-state index in [4.69, 9.17) is 13.9 Å². The van der Waals surface area contributed by atoms with Crippen LogP contribution < -0.4 is 20.1 Å². The van der Waals surface area contributed by atoms with Crippen LogP contribution in [0.25, 0.3) is 0 Å². The van der Waals surface area contributed by atoms with Crippen LogP contribution in [0.4, 0.5) is 5.69 Å². The molecule has 6 nitrogen and oxygen atoms in total. The molecule has 6 heteroatoms. The van der Waals surface area contributed by atoms with Crippen molar-refractivity contribution in [3.63, 3.8) is 0 Å². The van der Waals surface area contributed by atoms with Gasteiger partial charge in [0, 0.05) is 6.07 Å². The summed E-state index contributed by atoms with van der Waals surface area (Å²) in [6.45, 7) is 0.927. The van der Waals surface area contributed by atoms with Crippen molar-refractivity contribution >= 4 is 11.6 Å². The highest BCUT2D eigenvalue weighted by molar-refractivity contribution is 5.93. The molecule has 2 rings (SSSR count). The van der Waals surface area contributed by atoms with Crippen LogP contribution in [-0.4, -0.2) is 26.7 Å². The lowest BCUT2D eigenvalue weighted by molar-refractivity contribution is -0.661. The second-order valence-electron chi connectivity index (χ2n) is 4.39. The first-order valence-electron chi connectivity index (χ1n) is 6.59. The molecule has 112 valence electrons. The number of rotatable bonds is 7. The molecule has 0 aliphatic rings. The molecule has 0 saturated carbocycles. The van der Waals surface area contributed by atoms with E-state index in [-0.39, 0.29) is 5.91 Å². The maximum Gasteiger partial charge on any atom is 0.279 e. The molecule has 3 N–H and O–H groups in total. The number of ether oxygens (including phenoxy) is 2. The highest BCUT2D eigenvalue weighted by Crippen LogP contribution is 2.28. The van der Waals surface area contributed by atoms with E-state index >= 15 is 0 Å². The minimum atomic E-state index is -0.106. The van der Waals surface area contributed by atoms with Gasteiger partial charge >= 0.3 is 0 Å². The van der Waals surface area contributed by atoms with Crippen molar-refractivity contribution in [3.05, 3.63) is 42.4 Å². The van der Waals surface area contributed by atoms with E-state index in [0.29, 0.717) is 30.3 Å². The largest absolute Gasteiger partial charge is 0.497 e. The van der Waals surface area contributed by atoms with Crippen molar-refractivity contribution in [2.75, 3.05) is 26.1 Å². The molecule has 0 unspecified atom stereocenters. The first kappa shape index (κ1) is 14.9. The van der Waals surface area contributed by atoms with E-state index in [1.807, 2.05) is 17.4 Å². The summed E-state index contributed by atoms with van der Waals surface area (Å²) in [6, 6.07) is 8.95. The number of methoxy groups -OCH3 is 2. The summed E-state index contributed by atoms with van der Waals surface area (Å²) in [4.78, 5) is 11.9. The zero-order valence-electron chi connectivity index (χ0n) is 12.1. The monoisotopic (exact) mass is 291 g/mol. The molecule has 1 aromatic carbocycles. The molecule has 0 bridgehead atoms. The third-order valence-corrected chi connectivity index (χ3v) is 2.94. The maximum atomic E-state index is 11.9. The molecule has 1 amide bonds. The summed E-state index contributed by atoms with van der Waals surface area (Å²) in [5.74, 6) is 1.97. The summed E-state index contributed by atoms with van der Waals surface area (Å²) in [5.41, 5.74) is 0.620. The minimum absolute atomic E-state index is 0.106. The van der Waals surface area contributed by atoms with Gasteiger partial charge in [-0.15, -0.1) is 0 Å². The molecule has 21 heavy (non-hydrogen) atoms. The van der Waals surface area contributed by atoms with E-state index in [1.165, 1.54) is 0 Å². The highest BCUT2D eigenvalue weighted by atomic mass is 16.5. The molecule has 0 aliphatic carbocycles. The van der Waals surface area contributed by atoms with Crippen molar-refractivity contribution in [2.45, 2.75) is 6.54 Å². The van der Waals surface area contributed by atoms with E-state index in [0.717, 1.165) is 5.76 Å². The van der Waals surface area contributed by atoms with Crippen LogP contribution in [-0.2, 0) is 11.3 Å². The molecule has 0 aliphatic heterocycles. The topological polar surface area (TPSA) is 77.3 Å². The third kappa shape index (κ3) is 4.25. The highest BCUT2D eigenvalue weighted by Gasteiger charge is 2.10. The molecular weight excluding hydrogens is 272 g/mol. The lowest BCUT2D eigenvalue weighted by Gasteiger charge is -2.11. The number of nitrogens with one attached hydrogen (secondary N) is 1. The van der Waals surface area contributed by atoms with Crippen molar-refractivity contribution in [1.29, 1.82) is 0 Å². The predicted octanol–water partition coefficient (Wildman–Crippen LogP) is 0.999. The lowest BCUT2D eigenvalue weighted by Crippen LogP contribution is -2.84. The molecule has 0 fully saturated rings. The van der Waals surface area contributed by atoms with Crippen LogP contribution in [0.15, 0.2) is 41.0 Å². The van der Waals surface area contributed by atoms with Crippen LogP contribution in [0.1, 0.15) is 5.76 Å². The Morgan fingerprint density at radius 3 is 2.81 bits per heavy atom. The fourth-order valence-electron chi connectivity index (χ4n) is 1.88. The van der Waals surface area contributed by atoms with Gasteiger partial charge in [-0.1, -0.05) is 0 Å². The normalized spacial score (nSPS) is 10.2. The Morgan fingerprint density at radius 1 is 1.29 bits per heavy atom. The third-order valence-electron chi connectivity index (χ3n) is 2.94. The van der Waals surface area contributed by atoms with Crippen LogP contribution in [0, 0.1) is 0 Å². The van der Waals surface area contributed by atoms with Gasteiger partial charge in [-0.25, -0.2) is 0 Å². The van der Waals surface area contributed by atoms with Crippen LogP contribution in [0.3, 0.4) is 0 Å². The Morgan fingerprint density at radius 2 is 2.14 bits per heavy atom. The molecule has 0 radical (unpaired) electrons. The SMILES string of the molecule is COc1ccc(NC(=O)C[NH2+]Cc2ccco2)c(OC)c1. The standard InChI is InChI=1S/C15H18N2O4/c1-19-11-5-6-13(14(8-11)20-2)17-15(18)10-16-9-12-4-3-7-21-12/h3-8,16H,9-10H2,1-2H3,(H,17,18)/p+1. The van der Waals surface area contributed by atoms with Gasteiger partial charge in [0.2, 0.25) is 0 Å². The van der Waals surface area contributed by atoms with E-state index in [1.54, 1.807) is 38.7 Å². The number of benzene rings is 1. The van der Waals surface area contributed by atoms with Gasteiger partial charge in [-0.2, -0.15) is 0 Å². The van der Waals surface area contributed by atoms with Gasteiger partial charge in [-0.3, -0.25) is 4.79 Å². The fraction of sp³-hybridized carbons (Fsp3) is 0.267. The van der Waals surface area contributed by atoms with Crippen LogP contribution in [0.5, 0.6) is 11.5 Å². The number of anilines is 1. The number of quaternary nitrogens is 1.